The lowest BCUT2D eigenvalue weighted by molar-refractivity contribution is -0.163. The second-order valence-corrected chi connectivity index (χ2v) is 5.13. The number of aliphatic imine (C=N–C) groups is 1. The molecule has 0 spiro atoms. The van der Waals surface area contributed by atoms with Crippen LogP contribution in [0.3, 0.4) is 0 Å². The third kappa shape index (κ3) is 2.48. The molecule has 0 amide bonds. The molecule has 2 aromatic rings. The van der Waals surface area contributed by atoms with Crippen LogP contribution in [0, 0.1) is 5.82 Å². The fourth-order valence-electron chi connectivity index (χ4n) is 2.40. The van der Waals surface area contributed by atoms with E-state index >= 15 is 0 Å². The Morgan fingerprint density at radius 3 is 2.43 bits per heavy atom. The SMILES string of the molecule is CN1OC(C)(c2cccc(-c3cccc(F)c3)c2)N=C1N. The average molecular weight is 285 g/mol. The Kier molecular flexibility index (Phi) is 3.14. The van der Waals surface area contributed by atoms with Crippen molar-refractivity contribution >= 4 is 5.96 Å². The molecular formula is C16H16FN3O. The Morgan fingerprint density at radius 2 is 1.81 bits per heavy atom. The summed E-state index contributed by atoms with van der Waals surface area (Å²) in [5.41, 5.74) is 7.47. The summed E-state index contributed by atoms with van der Waals surface area (Å²) in [6.45, 7) is 1.84. The molecule has 0 aromatic heterocycles. The Morgan fingerprint density at radius 1 is 1.14 bits per heavy atom. The van der Waals surface area contributed by atoms with Crippen LogP contribution in [-0.4, -0.2) is 18.1 Å². The van der Waals surface area contributed by atoms with Crippen molar-refractivity contribution in [3.8, 4) is 11.1 Å². The minimum absolute atomic E-state index is 0.261. The Hall–Kier alpha value is -2.40. The molecule has 4 nitrogen and oxygen atoms in total. The summed E-state index contributed by atoms with van der Waals surface area (Å²) in [7, 11) is 1.71. The molecule has 2 N–H and O–H groups in total. The van der Waals surface area contributed by atoms with Crippen molar-refractivity contribution in [1.82, 2.24) is 5.06 Å². The second-order valence-electron chi connectivity index (χ2n) is 5.13. The maximum absolute atomic E-state index is 13.4. The highest BCUT2D eigenvalue weighted by Gasteiger charge is 2.36. The van der Waals surface area contributed by atoms with Crippen molar-refractivity contribution in [3.63, 3.8) is 0 Å². The van der Waals surface area contributed by atoms with Crippen molar-refractivity contribution in [3.05, 3.63) is 59.9 Å². The molecule has 0 fully saturated rings. The molecule has 2 aromatic carbocycles. The number of rotatable bonds is 2. The Bertz CT molecular complexity index is 716. The van der Waals surface area contributed by atoms with Gasteiger partial charge in [-0.1, -0.05) is 30.3 Å². The first-order chi connectivity index (χ1) is 9.98. The van der Waals surface area contributed by atoms with E-state index in [9.17, 15) is 4.39 Å². The molecule has 1 heterocycles. The van der Waals surface area contributed by atoms with E-state index in [1.54, 1.807) is 13.1 Å². The normalized spacial score (nSPS) is 21.5. The van der Waals surface area contributed by atoms with E-state index in [1.165, 1.54) is 17.2 Å². The molecule has 0 aliphatic carbocycles. The van der Waals surface area contributed by atoms with Crippen LogP contribution in [0.5, 0.6) is 0 Å². The van der Waals surface area contributed by atoms with E-state index in [0.29, 0.717) is 5.96 Å². The molecular weight excluding hydrogens is 269 g/mol. The molecule has 1 unspecified atom stereocenters. The molecule has 3 rings (SSSR count). The zero-order valence-electron chi connectivity index (χ0n) is 11.9. The van der Waals surface area contributed by atoms with Gasteiger partial charge >= 0.3 is 0 Å². The van der Waals surface area contributed by atoms with Gasteiger partial charge in [-0.15, -0.1) is 0 Å². The van der Waals surface area contributed by atoms with Crippen LogP contribution in [-0.2, 0) is 10.6 Å². The number of hydrogen-bond donors (Lipinski definition) is 1. The molecule has 21 heavy (non-hydrogen) atoms. The Labute approximate surface area is 122 Å². The van der Waals surface area contributed by atoms with Gasteiger partial charge in [0.15, 0.2) is 0 Å². The largest absolute Gasteiger partial charge is 0.368 e. The van der Waals surface area contributed by atoms with Gasteiger partial charge < -0.3 is 5.73 Å². The smallest absolute Gasteiger partial charge is 0.218 e. The molecule has 108 valence electrons. The topological polar surface area (TPSA) is 50.8 Å². The van der Waals surface area contributed by atoms with Crippen molar-refractivity contribution in [2.24, 2.45) is 10.7 Å². The summed E-state index contributed by atoms with van der Waals surface area (Å²) in [6.07, 6.45) is 0. The number of guanidine groups is 1. The maximum Gasteiger partial charge on any atom is 0.218 e. The summed E-state index contributed by atoms with van der Waals surface area (Å²) in [6, 6.07) is 14.2. The second kappa shape index (κ2) is 4.86. The zero-order chi connectivity index (χ0) is 15.0. The number of hydrogen-bond acceptors (Lipinski definition) is 4. The predicted octanol–water partition coefficient (Wildman–Crippen LogP) is 2.86. The van der Waals surface area contributed by atoms with Crippen LogP contribution in [0.2, 0.25) is 0 Å². The monoisotopic (exact) mass is 285 g/mol. The van der Waals surface area contributed by atoms with Gasteiger partial charge in [0.25, 0.3) is 0 Å². The molecule has 1 aliphatic heterocycles. The highest BCUT2D eigenvalue weighted by Crippen LogP contribution is 2.34. The lowest BCUT2D eigenvalue weighted by atomic mass is 9.98. The summed E-state index contributed by atoms with van der Waals surface area (Å²) < 4.78 is 13.4. The molecule has 5 heteroatoms. The van der Waals surface area contributed by atoms with Gasteiger partial charge in [0.05, 0.1) is 0 Å². The van der Waals surface area contributed by atoms with E-state index < -0.39 is 5.72 Å². The number of benzene rings is 2. The van der Waals surface area contributed by atoms with Crippen molar-refractivity contribution in [2.45, 2.75) is 12.6 Å². The van der Waals surface area contributed by atoms with Gasteiger partial charge in [0.1, 0.15) is 5.82 Å². The first-order valence-electron chi connectivity index (χ1n) is 6.63. The first-order valence-corrected chi connectivity index (χ1v) is 6.63. The van der Waals surface area contributed by atoms with Gasteiger partial charge in [0.2, 0.25) is 11.7 Å². The first kappa shape index (κ1) is 13.6. The van der Waals surface area contributed by atoms with Crippen LogP contribution >= 0.6 is 0 Å². The third-order valence-electron chi connectivity index (χ3n) is 3.52. The highest BCUT2D eigenvalue weighted by molar-refractivity contribution is 5.78. The molecule has 1 atom stereocenters. The van der Waals surface area contributed by atoms with Crippen LogP contribution in [0.4, 0.5) is 4.39 Å². The maximum atomic E-state index is 13.4. The molecule has 0 radical (unpaired) electrons. The van der Waals surface area contributed by atoms with E-state index in [2.05, 4.69) is 4.99 Å². The van der Waals surface area contributed by atoms with Gasteiger partial charge in [-0.25, -0.2) is 19.3 Å². The number of hydroxylamine groups is 2. The molecule has 1 aliphatic rings. The van der Waals surface area contributed by atoms with Crippen LogP contribution in [0.25, 0.3) is 11.1 Å². The highest BCUT2D eigenvalue weighted by atomic mass is 19.1. The number of halogens is 1. The van der Waals surface area contributed by atoms with Crippen molar-refractivity contribution in [2.75, 3.05) is 7.05 Å². The molecule has 0 bridgehead atoms. The van der Waals surface area contributed by atoms with Crippen molar-refractivity contribution in [1.29, 1.82) is 0 Å². The molecule has 0 saturated heterocycles. The van der Waals surface area contributed by atoms with E-state index in [-0.39, 0.29) is 5.82 Å². The minimum Gasteiger partial charge on any atom is -0.368 e. The number of nitrogens with two attached hydrogens (primary N) is 1. The summed E-state index contributed by atoms with van der Waals surface area (Å²) in [5.74, 6) is 0.0666. The van der Waals surface area contributed by atoms with Crippen LogP contribution in [0.1, 0.15) is 12.5 Å². The number of nitrogens with zero attached hydrogens (tertiary/aromatic N) is 2. The van der Waals surface area contributed by atoms with E-state index in [4.69, 9.17) is 10.6 Å². The third-order valence-corrected chi connectivity index (χ3v) is 3.52. The predicted molar refractivity (Wildman–Crippen MR) is 79.7 cm³/mol. The zero-order valence-corrected chi connectivity index (χ0v) is 11.9. The fraction of sp³-hybridized carbons (Fsp3) is 0.188. The van der Waals surface area contributed by atoms with Crippen molar-refractivity contribution < 1.29 is 9.23 Å². The quantitative estimate of drug-likeness (QED) is 0.923. The lowest BCUT2D eigenvalue weighted by Crippen LogP contribution is -2.30. The summed E-state index contributed by atoms with van der Waals surface area (Å²) >= 11 is 0. The fourth-order valence-corrected chi connectivity index (χ4v) is 2.40. The standard InChI is InChI=1S/C16H16FN3O/c1-16(19-15(18)20(2)21-16)13-7-3-5-11(9-13)12-6-4-8-14(17)10-12/h3-10H,1-2H3,(H2,18,19). The van der Waals surface area contributed by atoms with Gasteiger partial charge in [-0.05, 0) is 36.2 Å². The van der Waals surface area contributed by atoms with Gasteiger partial charge in [0, 0.05) is 12.6 Å². The van der Waals surface area contributed by atoms with Crippen LogP contribution < -0.4 is 5.73 Å². The van der Waals surface area contributed by atoms with E-state index in [0.717, 1.165) is 16.7 Å². The molecule has 0 saturated carbocycles. The van der Waals surface area contributed by atoms with Crippen LogP contribution in [0.15, 0.2) is 53.5 Å². The average Bonchev–Trinajstić information content (AvgIpc) is 2.73. The van der Waals surface area contributed by atoms with Gasteiger partial charge in [-0.2, -0.15) is 0 Å². The Balaban J connectivity index is 2.02. The summed E-state index contributed by atoms with van der Waals surface area (Å²) in [4.78, 5) is 10.0. The van der Waals surface area contributed by atoms with E-state index in [1.807, 2.05) is 37.3 Å². The van der Waals surface area contributed by atoms with Gasteiger partial charge in [-0.3, -0.25) is 0 Å². The minimum atomic E-state index is -0.859. The lowest BCUT2D eigenvalue weighted by Gasteiger charge is -2.22. The summed E-state index contributed by atoms with van der Waals surface area (Å²) in [5, 5.41) is 1.44.